The molecule has 0 amide bonds. The number of guanidine groups is 1. The second-order valence-electron chi connectivity index (χ2n) is 6.26. The van der Waals surface area contributed by atoms with E-state index in [1.807, 2.05) is 25.2 Å². The predicted octanol–water partition coefficient (Wildman–Crippen LogP) is 1.75. The van der Waals surface area contributed by atoms with E-state index in [0.29, 0.717) is 6.04 Å². The Morgan fingerprint density at radius 2 is 2.25 bits per heavy atom. The molecule has 130 valence electrons. The highest BCUT2D eigenvalue weighted by molar-refractivity contribution is 5.79. The van der Waals surface area contributed by atoms with Crippen LogP contribution in [0, 0.1) is 0 Å². The van der Waals surface area contributed by atoms with Gasteiger partial charge >= 0.3 is 0 Å². The first-order valence-electron chi connectivity index (χ1n) is 8.92. The van der Waals surface area contributed by atoms with Gasteiger partial charge in [0.2, 0.25) is 0 Å². The van der Waals surface area contributed by atoms with Crippen LogP contribution in [0.5, 0.6) is 0 Å². The molecule has 6 heteroatoms. The number of imidazole rings is 1. The number of aliphatic imine (C=N–C) groups is 1. The SMILES string of the molecule is CCN1CCCC1CNC(=NC)NCCc1nc2ccccc2[nH]1. The monoisotopic (exact) mass is 328 g/mol. The molecule has 2 heterocycles. The first kappa shape index (κ1) is 16.8. The molecular weight excluding hydrogens is 300 g/mol. The molecule has 1 aliphatic rings. The van der Waals surface area contributed by atoms with E-state index in [4.69, 9.17) is 0 Å². The van der Waals surface area contributed by atoms with E-state index >= 15 is 0 Å². The maximum atomic E-state index is 4.60. The van der Waals surface area contributed by atoms with Crippen LogP contribution in [0.3, 0.4) is 0 Å². The summed E-state index contributed by atoms with van der Waals surface area (Å²) in [5, 5.41) is 6.83. The molecule has 1 aromatic carbocycles. The molecule has 3 rings (SSSR count). The minimum atomic E-state index is 0.629. The van der Waals surface area contributed by atoms with Crippen LogP contribution in [0.2, 0.25) is 0 Å². The number of likely N-dealkylation sites (tertiary alicyclic amines) is 1. The lowest BCUT2D eigenvalue weighted by Gasteiger charge is -2.23. The van der Waals surface area contributed by atoms with Crippen molar-refractivity contribution >= 4 is 17.0 Å². The molecule has 1 atom stereocenters. The van der Waals surface area contributed by atoms with Crippen LogP contribution in [0.4, 0.5) is 0 Å². The summed E-state index contributed by atoms with van der Waals surface area (Å²) in [4.78, 5) is 14.8. The zero-order valence-electron chi connectivity index (χ0n) is 14.7. The Morgan fingerprint density at radius 1 is 1.38 bits per heavy atom. The fourth-order valence-electron chi connectivity index (χ4n) is 3.40. The van der Waals surface area contributed by atoms with Crippen LogP contribution in [0.1, 0.15) is 25.6 Å². The molecule has 24 heavy (non-hydrogen) atoms. The molecule has 0 aliphatic carbocycles. The summed E-state index contributed by atoms with van der Waals surface area (Å²) in [6.45, 7) is 6.35. The third-order valence-corrected chi connectivity index (χ3v) is 4.73. The summed E-state index contributed by atoms with van der Waals surface area (Å²) < 4.78 is 0. The number of nitrogens with zero attached hydrogens (tertiary/aromatic N) is 3. The Balaban J connectivity index is 1.44. The number of aromatic nitrogens is 2. The minimum absolute atomic E-state index is 0.629. The number of aromatic amines is 1. The molecule has 1 unspecified atom stereocenters. The zero-order chi connectivity index (χ0) is 16.8. The zero-order valence-corrected chi connectivity index (χ0v) is 14.7. The number of hydrogen-bond donors (Lipinski definition) is 3. The molecule has 1 saturated heterocycles. The van der Waals surface area contributed by atoms with Crippen LogP contribution in [0.25, 0.3) is 11.0 Å². The van der Waals surface area contributed by atoms with Crippen molar-refractivity contribution in [2.75, 3.05) is 33.2 Å². The third-order valence-electron chi connectivity index (χ3n) is 4.73. The topological polar surface area (TPSA) is 68.3 Å². The Kier molecular flexibility index (Phi) is 5.69. The molecule has 0 saturated carbocycles. The second-order valence-corrected chi connectivity index (χ2v) is 6.26. The summed E-state index contributed by atoms with van der Waals surface area (Å²) in [5.41, 5.74) is 2.12. The van der Waals surface area contributed by atoms with Gasteiger partial charge in [-0.3, -0.25) is 9.89 Å². The van der Waals surface area contributed by atoms with Crippen molar-refractivity contribution in [1.82, 2.24) is 25.5 Å². The lowest BCUT2D eigenvalue weighted by Crippen LogP contribution is -2.45. The highest BCUT2D eigenvalue weighted by Crippen LogP contribution is 2.15. The summed E-state index contributed by atoms with van der Waals surface area (Å²) in [6.07, 6.45) is 3.43. The highest BCUT2D eigenvalue weighted by Gasteiger charge is 2.22. The molecule has 1 fully saturated rings. The first-order valence-corrected chi connectivity index (χ1v) is 8.92. The Labute approximate surface area is 143 Å². The molecule has 1 aliphatic heterocycles. The highest BCUT2D eigenvalue weighted by atomic mass is 15.2. The van der Waals surface area contributed by atoms with Gasteiger partial charge in [0.05, 0.1) is 11.0 Å². The molecule has 0 bridgehead atoms. The lowest BCUT2D eigenvalue weighted by molar-refractivity contribution is 0.267. The smallest absolute Gasteiger partial charge is 0.191 e. The van der Waals surface area contributed by atoms with Crippen LogP contribution in [0.15, 0.2) is 29.3 Å². The van der Waals surface area contributed by atoms with E-state index in [2.05, 4.69) is 43.5 Å². The number of benzene rings is 1. The van der Waals surface area contributed by atoms with Crippen molar-refractivity contribution in [2.24, 2.45) is 4.99 Å². The summed E-state index contributed by atoms with van der Waals surface area (Å²) in [7, 11) is 1.82. The summed E-state index contributed by atoms with van der Waals surface area (Å²) in [5.74, 6) is 1.88. The number of H-pyrrole nitrogens is 1. The van der Waals surface area contributed by atoms with E-state index in [-0.39, 0.29) is 0 Å². The van der Waals surface area contributed by atoms with Gasteiger partial charge in [-0.15, -0.1) is 0 Å². The van der Waals surface area contributed by atoms with Crippen LogP contribution in [-0.2, 0) is 6.42 Å². The Bertz CT molecular complexity index is 644. The predicted molar refractivity (Wildman–Crippen MR) is 99.4 cm³/mol. The molecular formula is C18H28N6. The van der Waals surface area contributed by atoms with Crippen molar-refractivity contribution in [3.05, 3.63) is 30.1 Å². The van der Waals surface area contributed by atoms with Crippen molar-refractivity contribution in [2.45, 2.75) is 32.2 Å². The Hall–Kier alpha value is -2.08. The van der Waals surface area contributed by atoms with Gasteiger partial charge in [-0.05, 0) is 38.1 Å². The van der Waals surface area contributed by atoms with E-state index in [1.165, 1.54) is 19.4 Å². The van der Waals surface area contributed by atoms with Gasteiger partial charge in [0.1, 0.15) is 5.82 Å². The largest absolute Gasteiger partial charge is 0.356 e. The normalized spacial score (nSPS) is 19.1. The molecule has 2 aromatic rings. The lowest BCUT2D eigenvalue weighted by atomic mass is 10.2. The van der Waals surface area contributed by atoms with E-state index in [1.54, 1.807) is 0 Å². The quantitative estimate of drug-likeness (QED) is 0.558. The average molecular weight is 328 g/mol. The van der Waals surface area contributed by atoms with E-state index in [9.17, 15) is 0 Å². The number of likely N-dealkylation sites (N-methyl/N-ethyl adjacent to an activating group) is 1. The van der Waals surface area contributed by atoms with Crippen molar-refractivity contribution in [3.8, 4) is 0 Å². The van der Waals surface area contributed by atoms with Crippen LogP contribution < -0.4 is 10.6 Å². The minimum Gasteiger partial charge on any atom is -0.356 e. The second kappa shape index (κ2) is 8.15. The van der Waals surface area contributed by atoms with Gasteiger partial charge in [-0.25, -0.2) is 4.98 Å². The number of para-hydroxylation sites is 2. The van der Waals surface area contributed by atoms with Crippen molar-refractivity contribution < 1.29 is 0 Å². The van der Waals surface area contributed by atoms with Gasteiger partial charge in [-0.1, -0.05) is 19.1 Å². The van der Waals surface area contributed by atoms with Gasteiger partial charge in [-0.2, -0.15) is 0 Å². The molecule has 3 N–H and O–H groups in total. The summed E-state index contributed by atoms with van der Waals surface area (Å²) in [6, 6.07) is 8.76. The number of rotatable bonds is 6. The van der Waals surface area contributed by atoms with Gasteiger partial charge in [0, 0.05) is 32.6 Å². The number of fused-ring (bicyclic) bond motifs is 1. The fourth-order valence-corrected chi connectivity index (χ4v) is 3.40. The van der Waals surface area contributed by atoms with Gasteiger partial charge < -0.3 is 15.6 Å². The molecule has 1 aromatic heterocycles. The maximum absolute atomic E-state index is 4.60. The Morgan fingerprint density at radius 3 is 3.04 bits per heavy atom. The summed E-state index contributed by atoms with van der Waals surface area (Å²) >= 11 is 0. The third kappa shape index (κ3) is 4.06. The van der Waals surface area contributed by atoms with Gasteiger partial charge in [0.25, 0.3) is 0 Å². The maximum Gasteiger partial charge on any atom is 0.191 e. The molecule has 6 nitrogen and oxygen atoms in total. The molecule has 0 spiro atoms. The van der Waals surface area contributed by atoms with Crippen LogP contribution >= 0.6 is 0 Å². The van der Waals surface area contributed by atoms with Crippen molar-refractivity contribution in [3.63, 3.8) is 0 Å². The first-order chi connectivity index (χ1) is 11.8. The van der Waals surface area contributed by atoms with Crippen LogP contribution in [-0.4, -0.2) is 60.1 Å². The van der Waals surface area contributed by atoms with Crippen molar-refractivity contribution in [1.29, 1.82) is 0 Å². The van der Waals surface area contributed by atoms with E-state index in [0.717, 1.165) is 48.9 Å². The molecule has 0 radical (unpaired) electrons. The van der Waals surface area contributed by atoms with Gasteiger partial charge in [0.15, 0.2) is 5.96 Å². The fraction of sp³-hybridized carbons (Fsp3) is 0.556. The number of hydrogen-bond acceptors (Lipinski definition) is 3. The standard InChI is InChI=1S/C18H28N6/c1-3-24-12-6-7-14(24)13-21-18(19-2)20-11-10-17-22-15-8-4-5-9-16(15)23-17/h4-5,8-9,14H,3,6-7,10-13H2,1-2H3,(H,22,23)(H2,19,20,21). The number of nitrogens with one attached hydrogen (secondary N) is 3. The van der Waals surface area contributed by atoms with E-state index < -0.39 is 0 Å². The average Bonchev–Trinajstić information content (AvgIpc) is 3.23.